The number of nitrogens with zero attached hydrogens (tertiary/aromatic N) is 3. The number of rotatable bonds is 10. The van der Waals surface area contributed by atoms with Crippen molar-refractivity contribution in [3.05, 3.63) is 53.2 Å². The van der Waals surface area contributed by atoms with Gasteiger partial charge in [-0.05, 0) is 49.1 Å². The predicted octanol–water partition coefficient (Wildman–Crippen LogP) is 5.07. The third-order valence-electron chi connectivity index (χ3n) is 4.91. The van der Waals surface area contributed by atoms with Crippen molar-refractivity contribution >= 4 is 40.2 Å². The Hall–Kier alpha value is -2.99. The van der Waals surface area contributed by atoms with Crippen molar-refractivity contribution < 1.29 is 14.3 Å². The third-order valence-corrected chi connectivity index (χ3v) is 6.01. The van der Waals surface area contributed by atoms with Crippen LogP contribution in [0.3, 0.4) is 0 Å². The van der Waals surface area contributed by atoms with E-state index >= 15 is 0 Å². The van der Waals surface area contributed by atoms with Gasteiger partial charge in [-0.25, -0.2) is 0 Å². The van der Waals surface area contributed by atoms with Crippen LogP contribution in [-0.4, -0.2) is 42.0 Å². The van der Waals surface area contributed by atoms with Gasteiger partial charge in [-0.2, -0.15) is 5.26 Å². The topological polar surface area (TPSA) is 101 Å². The van der Waals surface area contributed by atoms with E-state index < -0.39 is 5.91 Å². The molecule has 3 rings (SSSR count). The summed E-state index contributed by atoms with van der Waals surface area (Å²) in [5.74, 6) is 0.775. The second kappa shape index (κ2) is 11.0. The zero-order chi connectivity index (χ0) is 23.1. The van der Waals surface area contributed by atoms with Gasteiger partial charge in [0, 0.05) is 35.2 Å². The van der Waals surface area contributed by atoms with Crippen LogP contribution in [0.1, 0.15) is 24.2 Å². The van der Waals surface area contributed by atoms with E-state index in [1.54, 1.807) is 42.6 Å². The number of hydrogen-bond acceptors (Lipinski definition) is 7. The molecule has 32 heavy (non-hydrogen) atoms. The Labute approximate surface area is 196 Å². The molecule has 2 aromatic carbocycles. The van der Waals surface area contributed by atoms with Crippen molar-refractivity contribution in [2.75, 3.05) is 26.2 Å². The molecule has 0 fully saturated rings. The molecule has 0 unspecified atom stereocenters. The molecule has 3 aromatic rings. The summed E-state index contributed by atoms with van der Waals surface area (Å²) in [5.41, 5.74) is 6.48. The van der Waals surface area contributed by atoms with Crippen LogP contribution in [-0.2, 0) is 0 Å². The van der Waals surface area contributed by atoms with Crippen molar-refractivity contribution in [3.63, 3.8) is 0 Å². The molecule has 9 heteroatoms. The molecule has 166 valence electrons. The number of amides is 1. The average Bonchev–Trinajstić information content (AvgIpc) is 2.78. The average molecular weight is 471 g/mol. The maximum atomic E-state index is 12.1. The van der Waals surface area contributed by atoms with E-state index in [1.165, 1.54) is 0 Å². The fourth-order valence-corrected chi connectivity index (χ4v) is 3.85. The first-order valence-corrected chi connectivity index (χ1v) is 11.3. The van der Waals surface area contributed by atoms with E-state index in [4.69, 9.17) is 32.1 Å². The number of pyridine rings is 1. The summed E-state index contributed by atoms with van der Waals surface area (Å²) >= 11 is 7.20. The van der Waals surface area contributed by atoms with E-state index in [9.17, 15) is 4.79 Å². The zero-order valence-electron chi connectivity index (χ0n) is 17.8. The minimum absolute atomic E-state index is 0.258. The van der Waals surface area contributed by atoms with Gasteiger partial charge in [0.1, 0.15) is 29.3 Å². The molecule has 0 radical (unpaired) electrons. The zero-order valence-corrected chi connectivity index (χ0v) is 19.4. The quantitative estimate of drug-likeness (QED) is 0.326. The van der Waals surface area contributed by atoms with Crippen LogP contribution in [0.5, 0.6) is 17.2 Å². The molecular formula is C23H23ClN4O3S. The first-order chi connectivity index (χ1) is 15.5. The molecular weight excluding hydrogens is 448 g/mol. The molecule has 0 bridgehead atoms. The standard InChI is InChI=1S/C23H23ClN4O3S/c1-3-28(4-2)9-10-30-21-13-19-16(12-17(21)23(26)29)20(7-8-27-19)31-15-5-6-22(32-14-25)18(24)11-15/h5-8,11-13H,3-4,9-10H2,1-2H3,(H2,26,29). The number of ether oxygens (including phenoxy) is 2. The van der Waals surface area contributed by atoms with Gasteiger partial charge in [0.15, 0.2) is 0 Å². The van der Waals surface area contributed by atoms with Gasteiger partial charge >= 0.3 is 0 Å². The third kappa shape index (κ3) is 5.62. The number of carbonyl (C=O) groups excluding carboxylic acids is 1. The molecule has 0 saturated heterocycles. The van der Waals surface area contributed by atoms with Crippen LogP contribution in [0.4, 0.5) is 0 Å². The molecule has 1 heterocycles. The van der Waals surface area contributed by atoms with Gasteiger partial charge in [-0.3, -0.25) is 9.78 Å². The van der Waals surface area contributed by atoms with Crippen LogP contribution in [0.15, 0.2) is 47.5 Å². The second-order valence-electron chi connectivity index (χ2n) is 6.80. The summed E-state index contributed by atoms with van der Waals surface area (Å²) in [6, 6.07) is 10.1. The number of primary amides is 1. The van der Waals surface area contributed by atoms with E-state index in [0.29, 0.717) is 44.7 Å². The van der Waals surface area contributed by atoms with Crippen LogP contribution in [0, 0.1) is 10.7 Å². The minimum Gasteiger partial charge on any atom is -0.491 e. The predicted molar refractivity (Wildman–Crippen MR) is 127 cm³/mol. The second-order valence-corrected chi connectivity index (χ2v) is 8.04. The molecule has 0 aliphatic heterocycles. The van der Waals surface area contributed by atoms with Gasteiger partial charge < -0.3 is 20.1 Å². The Morgan fingerprint density at radius 3 is 2.66 bits per heavy atom. The smallest absolute Gasteiger partial charge is 0.252 e. The monoisotopic (exact) mass is 470 g/mol. The van der Waals surface area contributed by atoms with Crippen molar-refractivity contribution in [2.24, 2.45) is 5.73 Å². The summed E-state index contributed by atoms with van der Waals surface area (Å²) in [5, 5.41) is 11.9. The highest BCUT2D eigenvalue weighted by Gasteiger charge is 2.16. The van der Waals surface area contributed by atoms with Crippen molar-refractivity contribution in [1.29, 1.82) is 5.26 Å². The first kappa shape index (κ1) is 23.7. The Balaban J connectivity index is 1.91. The van der Waals surface area contributed by atoms with Crippen molar-refractivity contribution in [3.8, 4) is 22.6 Å². The Kier molecular flexibility index (Phi) is 8.17. The van der Waals surface area contributed by atoms with E-state index in [2.05, 4.69) is 23.7 Å². The van der Waals surface area contributed by atoms with Gasteiger partial charge in [0.2, 0.25) is 0 Å². The van der Waals surface area contributed by atoms with Gasteiger partial charge in [0.25, 0.3) is 5.91 Å². The summed E-state index contributed by atoms with van der Waals surface area (Å²) in [7, 11) is 0. The molecule has 0 aliphatic rings. The Bertz CT molecular complexity index is 1160. The normalized spacial score (nSPS) is 10.8. The summed E-state index contributed by atoms with van der Waals surface area (Å²) in [6.45, 7) is 7.17. The number of thioether (sulfide) groups is 1. The maximum Gasteiger partial charge on any atom is 0.252 e. The fraction of sp³-hybridized carbons (Fsp3) is 0.261. The van der Waals surface area contributed by atoms with Crippen molar-refractivity contribution in [1.82, 2.24) is 9.88 Å². The number of carbonyl (C=O) groups is 1. The summed E-state index contributed by atoms with van der Waals surface area (Å²) in [6.07, 6.45) is 1.61. The van der Waals surface area contributed by atoms with Crippen LogP contribution in [0.25, 0.3) is 10.9 Å². The molecule has 0 aliphatic carbocycles. The van der Waals surface area contributed by atoms with Gasteiger partial charge in [-0.15, -0.1) is 0 Å². The van der Waals surface area contributed by atoms with E-state index in [0.717, 1.165) is 31.4 Å². The van der Waals surface area contributed by atoms with E-state index in [-0.39, 0.29) is 5.56 Å². The number of fused-ring (bicyclic) bond motifs is 1. The van der Waals surface area contributed by atoms with Crippen LogP contribution in [0.2, 0.25) is 5.02 Å². The lowest BCUT2D eigenvalue weighted by atomic mass is 10.1. The number of nitriles is 1. The molecule has 7 nitrogen and oxygen atoms in total. The molecule has 1 aromatic heterocycles. The molecule has 0 atom stereocenters. The maximum absolute atomic E-state index is 12.1. The number of likely N-dealkylation sites (N-methyl/N-ethyl adjacent to an activating group) is 1. The van der Waals surface area contributed by atoms with Gasteiger partial charge in [-0.1, -0.05) is 25.4 Å². The summed E-state index contributed by atoms with van der Waals surface area (Å²) in [4.78, 5) is 19.4. The minimum atomic E-state index is -0.597. The molecule has 0 spiro atoms. The first-order valence-electron chi connectivity index (χ1n) is 10.1. The molecule has 2 N–H and O–H groups in total. The number of benzene rings is 2. The number of nitrogens with two attached hydrogens (primary N) is 1. The SMILES string of the molecule is CCN(CC)CCOc1cc2nccc(Oc3ccc(SC#N)c(Cl)c3)c2cc1C(N)=O. The fourth-order valence-electron chi connectivity index (χ4n) is 3.18. The highest BCUT2D eigenvalue weighted by molar-refractivity contribution is 8.03. The lowest BCUT2D eigenvalue weighted by Gasteiger charge is -2.19. The van der Waals surface area contributed by atoms with Crippen LogP contribution < -0.4 is 15.2 Å². The Morgan fingerprint density at radius 2 is 2.00 bits per heavy atom. The highest BCUT2D eigenvalue weighted by Crippen LogP contribution is 2.36. The number of hydrogen-bond donors (Lipinski definition) is 1. The van der Waals surface area contributed by atoms with Gasteiger partial charge in [0.05, 0.1) is 16.1 Å². The van der Waals surface area contributed by atoms with Crippen LogP contribution >= 0.6 is 23.4 Å². The Morgan fingerprint density at radius 1 is 1.22 bits per heavy atom. The highest BCUT2D eigenvalue weighted by atomic mass is 35.5. The lowest BCUT2D eigenvalue weighted by molar-refractivity contribution is 0.0995. The summed E-state index contributed by atoms with van der Waals surface area (Å²) < 4.78 is 11.9. The number of aromatic nitrogens is 1. The number of halogens is 1. The molecule has 1 amide bonds. The number of thiocyanates is 1. The van der Waals surface area contributed by atoms with Crippen molar-refractivity contribution in [2.45, 2.75) is 18.7 Å². The van der Waals surface area contributed by atoms with E-state index in [1.807, 2.05) is 5.40 Å². The lowest BCUT2D eigenvalue weighted by Crippen LogP contribution is -2.28. The molecule has 0 saturated carbocycles. The largest absolute Gasteiger partial charge is 0.491 e.